The predicted octanol–water partition coefficient (Wildman–Crippen LogP) is 3.62. The van der Waals surface area contributed by atoms with Gasteiger partial charge in [-0.2, -0.15) is 0 Å². The summed E-state index contributed by atoms with van der Waals surface area (Å²) in [6.45, 7) is 0.796. The van der Waals surface area contributed by atoms with Crippen LogP contribution in [0.4, 0.5) is 0 Å². The van der Waals surface area contributed by atoms with Crippen molar-refractivity contribution >= 4 is 60.7 Å². The number of hydrogen-bond acceptors (Lipinski definition) is 3. The first kappa shape index (κ1) is 18.6. The number of para-hydroxylation sites is 1. The fourth-order valence-electron chi connectivity index (χ4n) is 5.00. The predicted molar refractivity (Wildman–Crippen MR) is 122 cm³/mol. The second-order valence-corrected chi connectivity index (χ2v) is 9.10. The minimum Gasteiger partial charge on any atom is -0.396 e. The van der Waals surface area contributed by atoms with Gasteiger partial charge in [0.1, 0.15) is 0 Å². The average Bonchev–Trinajstić information content (AvgIpc) is 3.41. The van der Waals surface area contributed by atoms with Gasteiger partial charge >= 0.3 is 0 Å². The van der Waals surface area contributed by atoms with Crippen LogP contribution in [0.25, 0.3) is 33.0 Å². The lowest BCUT2D eigenvalue weighted by atomic mass is 9.93. The van der Waals surface area contributed by atoms with Crippen LogP contribution in [0.15, 0.2) is 53.3 Å². The van der Waals surface area contributed by atoms with Crippen LogP contribution in [0.2, 0.25) is 0 Å². The summed E-state index contributed by atoms with van der Waals surface area (Å²) >= 11 is 3.47. The SMILES string of the molecule is O=C1NC(=O)C(c2cn3c4c(cccc24)CC(CO)C3)=C1c1c[nH]c2cc(Br)ccc12. The van der Waals surface area contributed by atoms with E-state index in [4.69, 9.17) is 0 Å². The van der Waals surface area contributed by atoms with E-state index >= 15 is 0 Å². The summed E-state index contributed by atoms with van der Waals surface area (Å²) in [5, 5.41) is 14.1. The largest absolute Gasteiger partial charge is 0.396 e. The summed E-state index contributed by atoms with van der Waals surface area (Å²) in [7, 11) is 0. The maximum absolute atomic E-state index is 13.0. The zero-order chi connectivity index (χ0) is 21.3. The van der Waals surface area contributed by atoms with Gasteiger partial charge in [0.25, 0.3) is 11.8 Å². The van der Waals surface area contributed by atoms with Gasteiger partial charge in [-0.1, -0.05) is 40.2 Å². The van der Waals surface area contributed by atoms with Crippen LogP contribution in [0.1, 0.15) is 16.7 Å². The molecule has 4 aromatic rings. The Balaban J connectivity index is 1.63. The topological polar surface area (TPSA) is 87.1 Å². The van der Waals surface area contributed by atoms with Gasteiger partial charge in [0.15, 0.2) is 0 Å². The van der Waals surface area contributed by atoms with Crippen LogP contribution < -0.4 is 5.32 Å². The number of rotatable bonds is 3. The van der Waals surface area contributed by atoms with Crippen LogP contribution >= 0.6 is 15.9 Å². The Bertz CT molecular complexity index is 1460. The molecule has 3 N–H and O–H groups in total. The second-order valence-electron chi connectivity index (χ2n) is 8.19. The average molecular weight is 476 g/mol. The number of hydrogen-bond donors (Lipinski definition) is 3. The summed E-state index contributed by atoms with van der Waals surface area (Å²) in [4.78, 5) is 29.1. The number of halogens is 1. The van der Waals surface area contributed by atoms with E-state index in [2.05, 4.69) is 36.9 Å². The van der Waals surface area contributed by atoms with E-state index < -0.39 is 0 Å². The number of benzene rings is 2. The summed E-state index contributed by atoms with van der Waals surface area (Å²) in [6.07, 6.45) is 4.54. The van der Waals surface area contributed by atoms with Crippen molar-refractivity contribution in [2.45, 2.75) is 13.0 Å². The zero-order valence-electron chi connectivity index (χ0n) is 16.4. The molecule has 1 unspecified atom stereocenters. The summed E-state index contributed by atoms with van der Waals surface area (Å²) in [6, 6.07) is 11.8. The van der Waals surface area contributed by atoms with Gasteiger partial charge in [-0.05, 0) is 24.1 Å². The lowest BCUT2D eigenvalue weighted by molar-refractivity contribution is -0.122. The fraction of sp³-hybridized carbons (Fsp3) is 0.167. The van der Waals surface area contributed by atoms with Crippen molar-refractivity contribution < 1.29 is 14.7 Å². The van der Waals surface area contributed by atoms with Gasteiger partial charge in [0, 0.05) is 63.4 Å². The van der Waals surface area contributed by atoms with E-state index in [0.717, 1.165) is 43.8 Å². The summed E-state index contributed by atoms with van der Waals surface area (Å²) < 4.78 is 3.04. The number of nitrogens with one attached hydrogen (secondary N) is 2. The van der Waals surface area contributed by atoms with Gasteiger partial charge < -0.3 is 14.7 Å². The third-order valence-corrected chi connectivity index (χ3v) is 6.81. The van der Waals surface area contributed by atoms with Gasteiger partial charge in [-0.15, -0.1) is 0 Å². The number of carbonyl (C=O) groups is 2. The number of aromatic nitrogens is 2. The van der Waals surface area contributed by atoms with Crippen molar-refractivity contribution in [2.24, 2.45) is 5.92 Å². The first-order valence-corrected chi connectivity index (χ1v) is 10.9. The number of fused-ring (bicyclic) bond motifs is 1. The molecule has 2 aliphatic rings. The molecular weight excluding hydrogens is 458 g/mol. The van der Waals surface area contributed by atoms with E-state index in [1.807, 2.05) is 36.5 Å². The molecule has 0 aliphatic carbocycles. The van der Waals surface area contributed by atoms with Crippen molar-refractivity contribution in [3.8, 4) is 0 Å². The quantitative estimate of drug-likeness (QED) is 0.395. The molecule has 6 nitrogen and oxygen atoms in total. The number of aliphatic hydroxyl groups is 1. The van der Waals surface area contributed by atoms with E-state index in [1.54, 1.807) is 6.20 Å². The zero-order valence-corrected chi connectivity index (χ0v) is 18.0. The molecule has 0 saturated heterocycles. The molecule has 4 heterocycles. The minimum atomic E-state index is -0.385. The number of amides is 2. The highest BCUT2D eigenvalue weighted by Gasteiger charge is 2.35. The van der Waals surface area contributed by atoms with Crippen LogP contribution in [0.5, 0.6) is 0 Å². The van der Waals surface area contributed by atoms with Gasteiger partial charge in [0.05, 0.1) is 16.7 Å². The molecule has 0 radical (unpaired) electrons. The van der Waals surface area contributed by atoms with Crippen molar-refractivity contribution in [3.05, 3.63) is 70.0 Å². The fourth-order valence-corrected chi connectivity index (χ4v) is 5.36. The molecule has 2 amide bonds. The third-order valence-electron chi connectivity index (χ3n) is 6.32. The summed E-state index contributed by atoms with van der Waals surface area (Å²) in [5.41, 5.74) is 5.36. The molecule has 7 heteroatoms. The Labute approximate surface area is 185 Å². The van der Waals surface area contributed by atoms with Gasteiger partial charge in [-0.25, -0.2) is 0 Å². The van der Waals surface area contributed by atoms with Crippen LogP contribution in [0.3, 0.4) is 0 Å². The molecule has 154 valence electrons. The Morgan fingerprint density at radius 3 is 2.68 bits per heavy atom. The number of carbonyl (C=O) groups excluding carboxylic acids is 2. The Morgan fingerprint density at radius 2 is 1.87 bits per heavy atom. The molecule has 31 heavy (non-hydrogen) atoms. The molecule has 0 fully saturated rings. The van der Waals surface area contributed by atoms with E-state index in [9.17, 15) is 14.7 Å². The molecule has 0 spiro atoms. The highest BCUT2D eigenvalue weighted by molar-refractivity contribution is 9.10. The van der Waals surface area contributed by atoms with E-state index in [1.165, 1.54) is 0 Å². The molecule has 6 rings (SSSR count). The molecule has 2 aromatic heterocycles. The highest BCUT2D eigenvalue weighted by Crippen LogP contribution is 2.40. The Morgan fingerprint density at radius 1 is 1.06 bits per heavy atom. The van der Waals surface area contributed by atoms with Gasteiger partial charge in [0.2, 0.25) is 0 Å². The van der Waals surface area contributed by atoms with Crippen LogP contribution in [-0.4, -0.2) is 33.1 Å². The van der Waals surface area contributed by atoms with Crippen LogP contribution in [0, 0.1) is 5.92 Å². The number of nitrogens with zero attached hydrogens (tertiary/aromatic N) is 1. The first-order chi connectivity index (χ1) is 15.0. The standard InChI is InChI=1S/C24H18BrN3O3/c25-14-4-5-15-17(8-26-19(15)7-14)20-21(24(31)27-23(20)30)18-10-28-9-12(11-29)6-13-2-1-3-16(18)22(13)28/h1-5,7-8,10,12,26,29H,6,9,11H2,(H,27,30,31). The van der Waals surface area contributed by atoms with E-state index in [-0.39, 0.29) is 24.3 Å². The highest BCUT2D eigenvalue weighted by atomic mass is 79.9. The Kier molecular flexibility index (Phi) is 4.00. The second kappa shape index (κ2) is 6.67. The van der Waals surface area contributed by atoms with Crippen molar-refractivity contribution in [3.63, 3.8) is 0 Å². The number of aromatic amines is 1. The molecule has 2 aliphatic heterocycles. The molecule has 0 bridgehead atoms. The third kappa shape index (κ3) is 2.66. The minimum absolute atomic E-state index is 0.112. The normalized spacial score (nSPS) is 18.5. The van der Waals surface area contributed by atoms with Crippen molar-refractivity contribution in [1.29, 1.82) is 0 Å². The number of imide groups is 1. The maximum Gasteiger partial charge on any atom is 0.259 e. The first-order valence-electron chi connectivity index (χ1n) is 10.1. The summed E-state index contributed by atoms with van der Waals surface area (Å²) in [5.74, 6) is -0.629. The maximum atomic E-state index is 13.0. The number of H-pyrrole nitrogens is 1. The molecular formula is C24H18BrN3O3. The lowest BCUT2D eigenvalue weighted by Crippen LogP contribution is -2.22. The lowest BCUT2D eigenvalue weighted by Gasteiger charge is -2.22. The van der Waals surface area contributed by atoms with Crippen molar-refractivity contribution in [2.75, 3.05) is 6.61 Å². The van der Waals surface area contributed by atoms with Crippen molar-refractivity contribution in [1.82, 2.24) is 14.9 Å². The molecule has 2 aromatic carbocycles. The van der Waals surface area contributed by atoms with Crippen LogP contribution in [-0.2, 0) is 22.6 Å². The Hall–Kier alpha value is -3.16. The number of aliphatic hydroxyl groups excluding tert-OH is 1. The monoisotopic (exact) mass is 475 g/mol. The van der Waals surface area contributed by atoms with E-state index in [0.29, 0.717) is 23.3 Å². The smallest absolute Gasteiger partial charge is 0.259 e. The molecule has 0 saturated carbocycles. The molecule has 1 atom stereocenters. The van der Waals surface area contributed by atoms with Gasteiger partial charge in [-0.3, -0.25) is 14.9 Å².